The van der Waals surface area contributed by atoms with Gasteiger partial charge in [-0.15, -0.1) is 0 Å². The summed E-state index contributed by atoms with van der Waals surface area (Å²) in [7, 11) is -1.47. The molecule has 7 nitrogen and oxygen atoms in total. The van der Waals surface area contributed by atoms with Gasteiger partial charge in [-0.1, -0.05) is 35.5 Å². The lowest BCUT2D eigenvalue weighted by Crippen LogP contribution is -2.54. The molecule has 8 heteroatoms. The fourth-order valence-corrected chi connectivity index (χ4v) is 6.37. The molecule has 5 rings (SSSR count). The van der Waals surface area contributed by atoms with E-state index in [1.165, 1.54) is 9.87 Å². The smallest absolute Gasteiger partial charge is 0.243 e. The molecule has 0 radical (unpaired) electrons. The number of likely N-dealkylation sites (N-methyl/N-ethyl adjacent to an activating group) is 1. The number of benzene rings is 2. The molecule has 164 valence electrons. The fraction of sp³-hybridized carbons (Fsp3) is 0.435. The van der Waals surface area contributed by atoms with Gasteiger partial charge in [0.15, 0.2) is 0 Å². The summed E-state index contributed by atoms with van der Waals surface area (Å²) in [6, 6.07) is 15.3. The number of sulfonamides is 1. The van der Waals surface area contributed by atoms with Gasteiger partial charge in [-0.3, -0.25) is 0 Å². The van der Waals surface area contributed by atoms with Crippen molar-refractivity contribution in [3.63, 3.8) is 0 Å². The molecule has 0 aromatic heterocycles. The molecule has 1 saturated heterocycles. The Morgan fingerprint density at radius 1 is 1.00 bits per heavy atom. The van der Waals surface area contributed by atoms with Gasteiger partial charge in [-0.05, 0) is 43.2 Å². The second kappa shape index (κ2) is 7.05. The largest absolute Gasteiger partial charge is 0.379 e. The van der Waals surface area contributed by atoms with E-state index < -0.39 is 15.7 Å². The lowest BCUT2D eigenvalue weighted by molar-refractivity contribution is -0.0591. The Morgan fingerprint density at radius 3 is 2.35 bits per heavy atom. The van der Waals surface area contributed by atoms with Gasteiger partial charge in [0.1, 0.15) is 0 Å². The second-order valence-corrected chi connectivity index (χ2v) is 10.8. The fourth-order valence-electron chi connectivity index (χ4n) is 4.97. The molecule has 3 aliphatic rings. The molecular weight excluding hydrogens is 414 g/mol. The van der Waals surface area contributed by atoms with Gasteiger partial charge in [0.05, 0.1) is 35.7 Å². The van der Waals surface area contributed by atoms with Crippen LogP contribution in [-0.4, -0.2) is 57.5 Å². The Morgan fingerprint density at radius 2 is 1.68 bits per heavy atom. The van der Waals surface area contributed by atoms with Crippen LogP contribution in [0.5, 0.6) is 0 Å². The first kappa shape index (κ1) is 20.5. The molecule has 0 amide bonds. The quantitative estimate of drug-likeness (QED) is 0.732. The van der Waals surface area contributed by atoms with Gasteiger partial charge in [-0.25, -0.2) is 8.42 Å². The molecule has 0 N–H and O–H groups in total. The van der Waals surface area contributed by atoms with E-state index in [1.54, 1.807) is 12.1 Å². The van der Waals surface area contributed by atoms with Crippen molar-refractivity contribution in [3.8, 4) is 0 Å². The van der Waals surface area contributed by atoms with Gasteiger partial charge in [0.2, 0.25) is 15.7 Å². The number of morpholine rings is 1. The van der Waals surface area contributed by atoms with Gasteiger partial charge in [-0.2, -0.15) is 4.31 Å². The van der Waals surface area contributed by atoms with E-state index in [1.807, 2.05) is 25.2 Å². The Labute approximate surface area is 183 Å². The number of nitrogens with zero attached hydrogens (tertiary/aromatic N) is 3. The third-order valence-electron chi connectivity index (χ3n) is 6.97. The van der Waals surface area contributed by atoms with E-state index in [0.717, 1.165) is 17.0 Å². The van der Waals surface area contributed by atoms with Crippen molar-refractivity contribution in [2.45, 2.75) is 36.3 Å². The molecular formula is C23H27N3O4S. The number of fused-ring (bicyclic) bond motifs is 1. The molecule has 1 unspecified atom stereocenters. The molecule has 1 spiro atoms. The summed E-state index contributed by atoms with van der Waals surface area (Å²) in [4.78, 5) is 8.61. The minimum Gasteiger partial charge on any atom is -0.379 e. The minimum absolute atomic E-state index is 0.261. The van der Waals surface area contributed by atoms with Crippen LogP contribution in [0.3, 0.4) is 0 Å². The van der Waals surface area contributed by atoms with Crippen molar-refractivity contribution in [2.24, 2.45) is 5.16 Å². The van der Waals surface area contributed by atoms with Crippen LogP contribution in [0.2, 0.25) is 0 Å². The van der Waals surface area contributed by atoms with Gasteiger partial charge < -0.3 is 14.5 Å². The number of ether oxygens (including phenoxy) is 1. The van der Waals surface area contributed by atoms with Crippen LogP contribution in [0.4, 0.5) is 5.69 Å². The van der Waals surface area contributed by atoms with Crippen LogP contribution in [0.1, 0.15) is 31.4 Å². The highest BCUT2D eigenvalue weighted by atomic mass is 32.2. The molecule has 0 aliphatic carbocycles. The van der Waals surface area contributed by atoms with E-state index in [0.29, 0.717) is 32.7 Å². The third kappa shape index (κ3) is 2.92. The standard InChI is InChI=1S/C23H27N3O4S/c1-22(2)19-6-4-5-7-21(19)25(3)23(22)16-20(24-30-23)17-8-10-18(11-9-17)31(27,28)26-12-14-29-15-13-26/h4-11H,12-16H2,1-3H3. The zero-order valence-electron chi connectivity index (χ0n) is 18.0. The molecule has 2 aromatic rings. The maximum atomic E-state index is 12.9. The van der Waals surface area contributed by atoms with Gasteiger partial charge in [0.25, 0.3) is 0 Å². The van der Waals surface area contributed by atoms with Crippen LogP contribution in [-0.2, 0) is 25.0 Å². The lowest BCUT2D eigenvalue weighted by atomic mass is 9.75. The van der Waals surface area contributed by atoms with Crippen LogP contribution < -0.4 is 4.90 Å². The molecule has 3 aliphatic heterocycles. The Bertz CT molecular complexity index is 1140. The van der Waals surface area contributed by atoms with Crippen LogP contribution in [0.15, 0.2) is 58.6 Å². The van der Waals surface area contributed by atoms with Crippen molar-refractivity contribution in [1.82, 2.24) is 4.31 Å². The van der Waals surface area contributed by atoms with Crippen molar-refractivity contribution < 1.29 is 18.0 Å². The van der Waals surface area contributed by atoms with Crippen molar-refractivity contribution in [2.75, 3.05) is 38.3 Å². The van der Waals surface area contributed by atoms with E-state index in [2.05, 4.69) is 42.1 Å². The minimum atomic E-state index is -3.51. The molecule has 0 bridgehead atoms. The highest BCUT2D eigenvalue weighted by molar-refractivity contribution is 7.89. The number of para-hydroxylation sites is 1. The van der Waals surface area contributed by atoms with Crippen molar-refractivity contribution in [3.05, 3.63) is 59.7 Å². The van der Waals surface area contributed by atoms with Gasteiger partial charge >= 0.3 is 0 Å². The molecule has 1 atom stereocenters. The summed E-state index contributed by atoms with van der Waals surface area (Å²) in [5, 5.41) is 4.45. The number of hydrogen-bond acceptors (Lipinski definition) is 6. The number of oxime groups is 1. The highest BCUT2D eigenvalue weighted by Gasteiger charge is 2.61. The zero-order chi connectivity index (χ0) is 21.9. The topological polar surface area (TPSA) is 71.4 Å². The highest BCUT2D eigenvalue weighted by Crippen LogP contribution is 2.55. The number of rotatable bonds is 3. The molecule has 1 fully saturated rings. The van der Waals surface area contributed by atoms with Crippen LogP contribution in [0, 0.1) is 0 Å². The Balaban J connectivity index is 1.40. The predicted molar refractivity (Wildman–Crippen MR) is 119 cm³/mol. The molecule has 2 aromatic carbocycles. The van der Waals surface area contributed by atoms with E-state index in [9.17, 15) is 8.42 Å². The number of anilines is 1. The van der Waals surface area contributed by atoms with Crippen LogP contribution >= 0.6 is 0 Å². The predicted octanol–water partition coefficient (Wildman–Crippen LogP) is 2.96. The summed E-state index contributed by atoms with van der Waals surface area (Å²) in [6.07, 6.45) is 0.612. The average molecular weight is 442 g/mol. The van der Waals surface area contributed by atoms with E-state index in [-0.39, 0.29) is 10.3 Å². The van der Waals surface area contributed by atoms with Crippen molar-refractivity contribution >= 4 is 21.4 Å². The first-order valence-corrected chi connectivity index (χ1v) is 12.0. The molecule has 0 saturated carbocycles. The molecule has 3 heterocycles. The summed E-state index contributed by atoms with van der Waals surface area (Å²) < 4.78 is 32.5. The normalized spacial score (nSPS) is 25.4. The first-order chi connectivity index (χ1) is 14.8. The number of hydrogen-bond donors (Lipinski definition) is 0. The summed E-state index contributed by atoms with van der Waals surface area (Å²) in [5.41, 5.74) is 3.21. The Kier molecular flexibility index (Phi) is 4.66. The lowest BCUT2D eigenvalue weighted by Gasteiger charge is -2.40. The SMILES string of the molecule is CN1c2ccccc2C(C)(C)C12CC(c1ccc(S(=O)(=O)N3CCOCC3)cc1)=NO2. The van der Waals surface area contributed by atoms with Crippen molar-refractivity contribution in [1.29, 1.82) is 0 Å². The van der Waals surface area contributed by atoms with Gasteiger partial charge in [0, 0.05) is 25.8 Å². The van der Waals surface area contributed by atoms with E-state index >= 15 is 0 Å². The maximum absolute atomic E-state index is 12.9. The molecule has 31 heavy (non-hydrogen) atoms. The average Bonchev–Trinajstić information content (AvgIpc) is 3.32. The third-order valence-corrected chi connectivity index (χ3v) is 8.88. The second-order valence-electron chi connectivity index (χ2n) is 8.83. The maximum Gasteiger partial charge on any atom is 0.243 e. The summed E-state index contributed by atoms with van der Waals surface area (Å²) in [5.74, 6) is 0. The Hall–Kier alpha value is -2.42. The monoisotopic (exact) mass is 441 g/mol. The summed E-state index contributed by atoms with van der Waals surface area (Å²) in [6.45, 7) is 6.00. The van der Waals surface area contributed by atoms with E-state index in [4.69, 9.17) is 9.57 Å². The van der Waals surface area contributed by atoms with Crippen LogP contribution in [0.25, 0.3) is 0 Å². The zero-order valence-corrected chi connectivity index (χ0v) is 18.9. The first-order valence-electron chi connectivity index (χ1n) is 10.5. The summed E-state index contributed by atoms with van der Waals surface area (Å²) >= 11 is 0.